The minimum Gasteiger partial charge on any atom is -0.462 e. The Hall–Kier alpha value is -2.28. The van der Waals surface area contributed by atoms with Gasteiger partial charge in [0, 0.05) is 12.4 Å². The van der Waals surface area contributed by atoms with E-state index in [-0.39, 0.29) is 17.6 Å². The van der Waals surface area contributed by atoms with Crippen LogP contribution in [0.25, 0.3) is 0 Å². The van der Waals surface area contributed by atoms with Gasteiger partial charge in [0.25, 0.3) is 5.91 Å². The Morgan fingerprint density at radius 3 is 2.85 bits per heavy atom. The lowest BCUT2D eigenvalue weighted by Crippen LogP contribution is -2.12. The number of carbonyl (C=O) groups excluding carboxylic acids is 2. The summed E-state index contributed by atoms with van der Waals surface area (Å²) in [7, 11) is 0. The molecule has 0 atom stereocenters. The van der Waals surface area contributed by atoms with E-state index in [4.69, 9.17) is 4.74 Å². The lowest BCUT2D eigenvalue weighted by molar-refractivity contribution is 0.0531. The van der Waals surface area contributed by atoms with Crippen molar-refractivity contribution in [1.82, 2.24) is 9.97 Å². The smallest absolute Gasteiger partial charge is 0.348 e. The Labute approximate surface area is 119 Å². The number of carbonyl (C=O) groups is 2. The topological polar surface area (TPSA) is 81.2 Å². The molecule has 0 saturated carbocycles. The van der Waals surface area contributed by atoms with Gasteiger partial charge in [-0.2, -0.15) is 0 Å². The maximum atomic E-state index is 11.9. The van der Waals surface area contributed by atoms with E-state index >= 15 is 0 Å². The van der Waals surface area contributed by atoms with Gasteiger partial charge in [-0.05, 0) is 25.5 Å². The maximum Gasteiger partial charge on any atom is 0.348 e. The fourth-order valence-corrected chi connectivity index (χ4v) is 2.50. The monoisotopic (exact) mass is 291 g/mol. The molecule has 0 aliphatic rings. The number of esters is 1. The first-order chi connectivity index (χ1) is 9.61. The van der Waals surface area contributed by atoms with Crippen molar-refractivity contribution in [2.24, 2.45) is 0 Å². The van der Waals surface area contributed by atoms with Crippen molar-refractivity contribution >= 4 is 28.2 Å². The van der Waals surface area contributed by atoms with Crippen LogP contribution in [-0.2, 0) is 4.74 Å². The fraction of sp³-hybridized carbons (Fsp3) is 0.231. The van der Waals surface area contributed by atoms with Crippen LogP contribution in [-0.4, -0.2) is 28.5 Å². The molecule has 1 amide bonds. The lowest BCUT2D eigenvalue weighted by Gasteiger charge is -2.00. The molecule has 0 bridgehead atoms. The van der Waals surface area contributed by atoms with Crippen molar-refractivity contribution < 1.29 is 14.3 Å². The van der Waals surface area contributed by atoms with E-state index in [2.05, 4.69) is 15.3 Å². The zero-order chi connectivity index (χ0) is 14.5. The van der Waals surface area contributed by atoms with E-state index in [1.165, 1.54) is 29.9 Å². The molecule has 0 unspecified atom stereocenters. The zero-order valence-corrected chi connectivity index (χ0v) is 11.9. The van der Waals surface area contributed by atoms with Crippen LogP contribution in [0.3, 0.4) is 0 Å². The van der Waals surface area contributed by atoms with Crippen LogP contribution in [0.1, 0.15) is 32.6 Å². The van der Waals surface area contributed by atoms with E-state index in [1.54, 1.807) is 19.9 Å². The van der Waals surface area contributed by atoms with Gasteiger partial charge in [-0.3, -0.25) is 9.78 Å². The number of hydrogen-bond donors (Lipinski definition) is 1. The normalized spacial score (nSPS) is 10.1. The highest BCUT2D eigenvalue weighted by atomic mass is 32.1. The predicted octanol–water partition coefficient (Wildman–Crippen LogP) is 2.28. The SMILES string of the molecule is CCOC(=O)c1sc(NC(=O)c2cnccn2)cc1C. The van der Waals surface area contributed by atoms with Crippen LogP contribution in [0.5, 0.6) is 0 Å². The molecule has 0 fully saturated rings. The summed E-state index contributed by atoms with van der Waals surface area (Å²) in [6, 6.07) is 1.73. The number of anilines is 1. The maximum absolute atomic E-state index is 11.9. The molecule has 0 saturated heterocycles. The lowest BCUT2D eigenvalue weighted by atomic mass is 10.3. The minimum atomic E-state index is -0.380. The molecule has 6 nitrogen and oxygen atoms in total. The molecule has 2 aromatic rings. The van der Waals surface area contributed by atoms with Gasteiger partial charge < -0.3 is 10.1 Å². The predicted molar refractivity (Wildman–Crippen MR) is 75.0 cm³/mol. The first-order valence-corrected chi connectivity index (χ1v) is 6.78. The quantitative estimate of drug-likeness (QED) is 0.874. The van der Waals surface area contributed by atoms with Crippen LogP contribution in [0.15, 0.2) is 24.7 Å². The van der Waals surface area contributed by atoms with Crippen LogP contribution in [0.4, 0.5) is 5.00 Å². The Balaban J connectivity index is 2.13. The molecule has 0 aliphatic heterocycles. The number of amides is 1. The zero-order valence-electron chi connectivity index (χ0n) is 11.0. The van der Waals surface area contributed by atoms with Gasteiger partial charge in [0.1, 0.15) is 10.6 Å². The first-order valence-electron chi connectivity index (χ1n) is 5.96. The average Bonchev–Trinajstić information content (AvgIpc) is 2.81. The molecular formula is C13H13N3O3S. The summed E-state index contributed by atoms with van der Waals surface area (Å²) >= 11 is 1.18. The average molecular weight is 291 g/mol. The van der Waals surface area contributed by atoms with Gasteiger partial charge in [-0.15, -0.1) is 11.3 Å². The molecule has 7 heteroatoms. The summed E-state index contributed by atoms with van der Waals surface area (Å²) < 4.78 is 4.95. The Morgan fingerprint density at radius 2 is 2.20 bits per heavy atom. The van der Waals surface area contributed by atoms with Gasteiger partial charge in [-0.1, -0.05) is 0 Å². The number of thiophene rings is 1. The van der Waals surface area contributed by atoms with Gasteiger partial charge in [0.2, 0.25) is 0 Å². The highest BCUT2D eigenvalue weighted by Crippen LogP contribution is 2.27. The molecular weight excluding hydrogens is 278 g/mol. The number of hydrogen-bond acceptors (Lipinski definition) is 6. The summed E-state index contributed by atoms with van der Waals surface area (Å²) in [4.78, 5) is 31.8. The van der Waals surface area contributed by atoms with Crippen molar-refractivity contribution in [1.29, 1.82) is 0 Å². The van der Waals surface area contributed by atoms with Gasteiger partial charge in [-0.25, -0.2) is 9.78 Å². The van der Waals surface area contributed by atoms with E-state index in [9.17, 15) is 9.59 Å². The fourth-order valence-electron chi connectivity index (χ4n) is 1.54. The summed E-state index contributed by atoms with van der Waals surface area (Å²) in [5.41, 5.74) is 0.985. The van der Waals surface area contributed by atoms with E-state index in [1.807, 2.05) is 0 Å². The van der Waals surface area contributed by atoms with Gasteiger partial charge in [0.15, 0.2) is 0 Å². The van der Waals surface area contributed by atoms with Crippen LogP contribution < -0.4 is 5.32 Å². The summed E-state index contributed by atoms with van der Waals surface area (Å²) in [6.45, 7) is 3.86. The van der Waals surface area contributed by atoms with Crippen LogP contribution >= 0.6 is 11.3 Å². The minimum absolute atomic E-state index is 0.219. The van der Waals surface area contributed by atoms with Crippen molar-refractivity contribution in [2.75, 3.05) is 11.9 Å². The highest BCUT2D eigenvalue weighted by molar-refractivity contribution is 7.18. The van der Waals surface area contributed by atoms with Crippen LogP contribution in [0.2, 0.25) is 0 Å². The highest BCUT2D eigenvalue weighted by Gasteiger charge is 2.16. The third-order valence-corrected chi connectivity index (χ3v) is 3.54. The Morgan fingerprint density at radius 1 is 1.40 bits per heavy atom. The van der Waals surface area contributed by atoms with Crippen molar-refractivity contribution in [3.05, 3.63) is 40.8 Å². The molecule has 0 aromatic carbocycles. The molecule has 1 N–H and O–H groups in total. The number of rotatable bonds is 4. The molecule has 0 aliphatic carbocycles. The van der Waals surface area contributed by atoms with E-state index < -0.39 is 0 Å². The largest absolute Gasteiger partial charge is 0.462 e. The molecule has 2 aromatic heterocycles. The number of ether oxygens (including phenoxy) is 1. The van der Waals surface area contributed by atoms with E-state index in [0.717, 1.165) is 5.56 Å². The number of aromatic nitrogens is 2. The second-order valence-electron chi connectivity index (χ2n) is 3.89. The third-order valence-electron chi connectivity index (χ3n) is 2.41. The summed E-state index contributed by atoms with van der Waals surface area (Å²) in [5.74, 6) is -0.746. The number of nitrogens with one attached hydrogen (secondary N) is 1. The number of nitrogens with zero attached hydrogens (tertiary/aromatic N) is 2. The second kappa shape index (κ2) is 6.25. The third kappa shape index (κ3) is 3.18. The molecule has 2 rings (SSSR count). The van der Waals surface area contributed by atoms with Gasteiger partial charge >= 0.3 is 5.97 Å². The molecule has 0 spiro atoms. The summed E-state index contributed by atoms with van der Waals surface area (Å²) in [5, 5.41) is 3.26. The molecule has 20 heavy (non-hydrogen) atoms. The molecule has 0 radical (unpaired) electrons. The summed E-state index contributed by atoms with van der Waals surface area (Å²) in [6.07, 6.45) is 4.31. The van der Waals surface area contributed by atoms with Crippen molar-refractivity contribution in [2.45, 2.75) is 13.8 Å². The first kappa shape index (κ1) is 14.1. The Kier molecular flexibility index (Phi) is 4.41. The standard InChI is InChI=1S/C13H13N3O3S/c1-3-19-13(18)11-8(2)6-10(20-11)16-12(17)9-7-14-4-5-15-9/h4-7H,3H2,1-2H3,(H,16,17). The van der Waals surface area contributed by atoms with Gasteiger partial charge in [0.05, 0.1) is 17.8 Å². The number of aryl methyl sites for hydroxylation is 1. The van der Waals surface area contributed by atoms with E-state index in [0.29, 0.717) is 16.5 Å². The van der Waals surface area contributed by atoms with Crippen LogP contribution in [0, 0.1) is 6.92 Å². The van der Waals surface area contributed by atoms with Crippen molar-refractivity contribution in [3.63, 3.8) is 0 Å². The second-order valence-corrected chi connectivity index (χ2v) is 4.94. The Bertz CT molecular complexity index is 625. The molecule has 2 heterocycles. The molecule has 104 valence electrons. The van der Waals surface area contributed by atoms with Crippen molar-refractivity contribution in [3.8, 4) is 0 Å².